The van der Waals surface area contributed by atoms with Crippen molar-refractivity contribution >= 4 is 59.7 Å². The predicted molar refractivity (Wildman–Crippen MR) is 57.3 cm³/mol. The van der Waals surface area contributed by atoms with Crippen LogP contribution < -0.4 is 51.1 Å². The van der Waals surface area contributed by atoms with Crippen molar-refractivity contribution in [3.05, 3.63) is 0 Å². The zero-order chi connectivity index (χ0) is 25.8. The number of carboxylic acids is 10. The Morgan fingerprint density at radius 2 is 0.265 bits per heavy atom. The Labute approximate surface area is 207 Å². The maximum absolute atomic E-state index is 8.93. The standard InChI is InChI=1S/5C2H2O4.2H2O.2V/c5*3-1(4)2(5)6;;;;/h5*(H,3,4)(H,5,6);2*1H2;;/p-10. The van der Waals surface area contributed by atoms with Gasteiger partial charge in [0.05, 0.1) is 59.7 Å². The summed E-state index contributed by atoms with van der Waals surface area (Å²) >= 11 is 0. The summed E-state index contributed by atoms with van der Waals surface area (Å²) in [5, 5.41) is 89.3. The van der Waals surface area contributed by atoms with Crippen LogP contribution in [0, 0.1) is 0 Å². The molecule has 34 heavy (non-hydrogen) atoms. The van der Waals surface area contributed by atoms with E-state index < -0.39 is 59.7 Å². The molecule has 0 unspecified atom stereocenters. The van der Waals surface area contributed by atoms with Crippen LogP contribution in [0.1, 0.15) is 0 Å². The Balaban J connectivity index is -0.0000000319. The SMILES string of the molecule is O.O.O=C([O-])C(=O)[O-].O=C([O-])C(=O)[O-].O=C([O-])C(=O)[O-].O=C([O-])C(=O)[O-].O=C([O-])C(=O)[O-].[V].[V]. The number of hydrogen-bond donors (Lipinski definition) is 0. The van der Waals surface area contributed by atoms with Crippen LogP contribution in [0.4, 0.5) is 0 Å². The van der Waals surface area contributed by atoms with Crippen molar-refractivity contribution in [3.63, 3.8) is 0 Å². The molecule has 0 rings (SSSR count). The van der Waals surface area contributed by atoms with Crippen molar-refractivity contribution < 1.29 is 147 Å². The fraction of sp³-hybridized carbons (Fsp3) is 0. The monoisotopic (exact) mass is 578 g/mol. The summed E-state index contributed by atoms with van der Waals surface area (Å²) in [7, 11) is 0. The Hall–Kier alpha value is -4.21. The zero-order valence-electron chi connectivity index (χ0n) is 15.1. The second-order valence-electron chi connectivity index (χ2n) is 2.87. The Kier molecular flexibility index (Phi) is 56.2. The molecule has 0 heterocycles. The molecular formula is C10H4O22V2-10. The predicted octanol–water partition coefficient (Wildman–Crippen LogP) is -19.2. The van der Waals surface area contributed by atoms with E-state index in [1.807, 2.05) is 0 Å². The first-order valence-corrected chi connectivity index (χ1v) is 5.33. The average molecular weight is 578 g/mol. The van der Waals surface area contributed by atoms with E-state index in [4.69, 9.17) is 99.0 Å². The minimum Gasteiger partial charge on any atom is -0.543 e. The van der Waals surface area contributed by atoms with Gasteiger partial charge in [-0.2, -0.15) is 0 Å². The molecule has 4 N–H and O–H groups in total. The van der Waals surface area contributed by atoms with E-state index in [9.17, 15) is 0 Å². The van der Waals surface area contributed by atoms with Crippen LogP contribution in [0.5, 0.6) is 0 Å². The van der Waals surface area contributed by atoms with Crippen molar-refractivity contribution in [3.8, 4) is 0 Å². The molecule has 24 heteroatoms. The van der Waals surface area contributed by atoms with E-state index >= 15 is 0 Å². The molecule has 0 fully saturated rings. The van der Waals surface area contributed by atoms with Crippen LogP contribution in [-0.2, 0) is 85.1 Å². The van der Waals surface area contributed by atoms with Gasteiger partial charge in [-0.15, -0.1) is 0 Å². The number of rotatable bonds is 0. The van der Waals surface area contributed by atoms with Crippen LogP contribution >= 0.6 is 0 Å². The summed E-state index contributed by atoms with van der Waals surface area (Å²) < 4.78 is 0. The second-order valence-corrected chi connectivity index (χ2v) is 2.87. The molecule has 0 aromatic rings. The summed E-state index contributed by atoms with van der Waals surface area (Å²) in [6, 6.07) is 0. The third-order valence-corrected chi connectivity index (χ3v) is 0.833. The van der Waals surface area contributed by atoms with Gasteiger partial charge in [0.2, 0.25) is 0 Å². The molecule has 196 valence electrons. The van der Waals surface area contributed by atoms with Crippen LogP contribution in [0.2, 0.25) is 0 Å². The smallest absolute Gasteiger partial charge is 0.0870 e. The molecular weight excluding hydrogens is 574 g/mol. The largest absolute Gasteiger partial charge is 0.543 e. The van der Waals surface area contributed by atoms with Gasteiger partial charge in [0, 0.05) is 37.1 Å². The maximum atomic E-state index is 8.93. The van der Waals surface area contributed by atoms with E-state index in [2.05, 4.69) is 0 Å². The van der Waals surface area contributed by atoms with Gasteiger partial charge >= 0.3 is 0 Å². The summed E-state index contributed by atoms with van der Waals surface area (Å²) in [5.74, 6) is -21.9. The first-order chi connectivity index (χ1) is 13.2. The van der Waals surface area contributed by atoms with Gasteiger partial charge < -0.3 is 110 Å². The minimum atomic E-state index is -2.19. The van der Waals surface area contributed by atoms with Crippen molar-refractivity contribution in [2.45, 2.75) is 0 Å². The van der Waals surface area contributed by atoms with Crippen molar-refractivity contribution in [1.29, 1.82) is 0 Å². The summed E-state index contributed by atoms with van der Waals surface area (Å²) in [6.45, 7) is 0. The maximum Gasteiger partial charge on any atom is 0.0870 e. The van der Waals surface area contributed by atoms with Gasteiger partial charge in [0.15, 0.2) is 0 Å². The average Bonchev–Trinajstić information content (AvgIpc) is 2.56. The van der Waals surface area contributed by atoms with Crippen LogP contribution in [0.3, 0.4) is 0 Å². The fourth-order valence-corrected chi connectivity index (χ4v) is 0. The quantitative estimate of drug-likeness (QED) is 0.241. The number of aliphatic carboxylic acids is 10. The normalized spacial score (nSPS) is 6.47. The topological polar surface area (TPSA) is 464 Å². The molecule has 0 amide bonds. The molecule has 0 aliphatic carbocycles. The third-order valence-electron chi connectivity index (χ3n) is 0.833. The van der Waals surface area contributed by atoms with E-state index in [1.165, 1.54) is 0 Å². The molecule has 0 aliphatic heterocycles. The van der Waals surface area contributed by atoms with Gasteiger partial charge in [-0.3, -0.25) is 0 Å². The zero-order valence-corrected chi connectivity index (χ0v) is 17.9. The van der Waals surface area contributed by atoms with Crippen LogP contribution in [-0.4, -0.2) is 70.6 Å². The van der Waals surface area contributed by atoms with Crippen LogP contribution in [0.25, 0.3) is 0 Å². The summed E-state index contributed by atoms with van der Waals surface area (Å²) in [6.07, 6.45) is 0. The third kappa shape index (κ3) is 80.0. The molecule has 0 aromatic carbocycles. The molecule has 0 bridgehead atoms. The van der Waals surface area contributed by atoms with Gasteiger partial charge in [-0.1, -0.05) is 0 Å². The van der Waals surface area contributed by atoms with Crippen molar-refractivity contribution in [2.24, 2.45) is 0 Å². The molecule has 0 spiro atoms. The molecule has 0 atom stereocenters. The van der Waals surface area contributed by atoms with Gasteiger partial charge in [0.1, 0.15) is 0 Å². The molecule has 0 saturated carbocycles. The van der Waals surface area contributed by atoms with Crippen LogP contribution in [0.15, 0.2) is 0 Å². The molecule has 2 radical (unpaired) electrons. The Morgan fingerprint density at radius 3 is 0.265 bits per heavy atom. The van der Waals surface area contributed by atoms with E-state index in [0.29, 0.717) is 0 Å². The van der Waals surface area contributed by atoms with E-state index in [0.717, 1.165) is 0 Å². The molecule has 0 aromatic heterocycles. The van der Waals surface area contributed by atoms with Crippen molar-refractivity contribution in [2.75, 3.05) is 0 Å². The van der Waals surface area contributed by atoms with Crippen molar-refractivity contribution in [1.82, 2.24) is 0 Å². The second kappa shape index (κ2) is 33.4. The Bertz CT molecular complexity index is 509. The summed E-state index contributed by atoms with van der Waals surface area (Å²) in [4.78, 5) is 89.3. The summed E-state index contributed by atoms with van der Waals surface area (Å²) in [5.41, 5.74) is 0. The van der Waals surface area contributed by atoms with E-state index in [1.54, 1.807) is 0 Å². The number of carboxylic acid groups (broad SMARTS) is 10. The molecule has 0 aliphatic rings. The molecule has 22 nitrogen and oxygen atoms in total. The number of carbonyl (C=O) groups excluding carboxylic acids is 10. The first-order valence-electron chi connectivity index (χ1n) is 5.33. The number of hydrogen-bond acceptors (Lipinski definition) is 20. The van der Waals surface area contributed by atoms with Gasteiger partial charge in [-0.05, 0) is 0 Å². The first kappa shape index (κ1) is 57.1. The minimum absolute atomic E-state index is 0. The van der Waals surface area contributed by atoms with Gasteiger partial charge in [-0.25, -0.2) is 0 Å². The van der Waals surface area contributed by atoms with E-state index in [-0.39, 0.29) is 48.1 Å². The molecule has 0 saturated heterocycles. The number of carbonyl (C=O) groups is 10. The Morgan fingerprint density at radius 1 is 0.235 bits per heavy atom. The fourth-order valence-electron chi connectivity index (χ4n) is 0. The van der Waals surface area contributed by atoms with Gasteiger partial charge in [0.25, 0.3) is 0 Å².